The highest BCUT2D eigenvalue weighted by Crippen LogP contribution is 2.34. The van der Waals surface area contributed by atoms with E-state index in [9.17, 15) is 0 Å². The van der Waals surface area contributed by atoms with E-state index in [0.717, 1.165) is 17.1 Å². The minimum absolute atomic E-state index is 0.283. The third-order valence-electron chi connectivity index (χ3n) is 2.99. The maximum absolute atomic E-state index is 6.26. The van der Waals surface area contributed by atoms with Crippen LogP contribution in [0.25, 0.3) is 10.2 Å². The van der Waals surface area contributed by atoms with Gasteiger partial charge in [0, 0.05) is 12.6 Å². The average Bonchev–Trinajstić information content (AvgIpc) is 2.72. The number of ether oxygens (including phenoxy) is 1. The molecule has 0 N–H and O–H groups in total. The molecule has 4 nitrogen and oxygen atoms in total. The molecule has 3 heterocycles. The van der Waals surface area contributed by atoms with Gasteiger partial charge in [-0.1, -0.05) is 23.2 Å². The molecular weight excluding hydrogens is 293 g/mol. The molecule has 0 saturated carbocycles. The van der Waals surface area contributed by atoms with E-state index in [1.54, 1.807) is 0 Å². The lowest BCUT2D eigenvalue weighted by atomic mass is 10.2. The molecule has 18 heavy (non-hydrogen) atoms. The minimum Gasteiger partial charge on any atom is -0.377 e. The molecule has 0 amide bonds. The smallest absolute Gasteiger partial charge is 0.169 e. The molecular formula is C11H11Cl2N3OS. The maximum atomic E-state index is 6.26. The van der Waals surface area contributed by atoms with Gasteiger partial charge in [-0.15, -0.1) is 0 Å². The van der Waals surface area contributed by atoms with Crippen LogP contribution in [0.15, 0.2) is 6.07 Å². The summed E-state index contributed by atoms with van der Waals surface area (Å²) in [5.41, 5.74) is 0.683. The van der Waals surface area contributed by atoms with E-state index in [-0.39, 0.29) is 6.04 Å². The van der Waals surface area contributed by atoms with E-state index in [4.69, 9.17) is 27.9 Å². The van der Waals surface area contributed by atoms with Crippen LogP contribution in [0.2, 0.25) is 10.2 Å². The lowest BCUT2D eigenvalue weighted by molar-refractivity contribution is 0.0986. The van der Waals surface area contributed by atoms with Gasteiger partial charge in [0.2, 0.25) is 0 Å². The Morgan fingerprint density at radius 1 is 1.50 bits per heavy atom. The molecule has 2 aromatic rings. The molecule has 1 unspecified atom stereocenters. The predicted molar refractivity (Wildman–Crippen MR) is 75.1 cm³/mol. The SMILES string of the molecule is CC1COCCN1c1cc(Cl)c2snc(Cl)c2n1. The molecule has 0 aliphatic carbocycles. The Labute approximate surface area is 119 Å². The predicted octanol–water partition coefficient (Wildman–Crippen LogP) is 3.22. The normalized spacial score (nSPS) is 20.6. The molecule has 96 valence electrons. The van der Waals surface area contributed by atoms with Crippen molar-refractivity contribution < 1.29 is 4.74 Å². The molecule has 0 aromatic carbocycles. The Morgan fingerprint density at radius 3 is 3.11 bits per heavy atom. The number of hydrogen-bond donors (Lipinski definition) is 0. The third-order valence-corrected chi connectivity index (χ3v) is 4.63. The van der Waals surface area contributed by atoms with Gasteiger partial charge in [-0.25, -0.2) is 4.98 Å². The van der Waals surface area contributed by atoms with Gasteiger partial charge in [0.15, 0.2) is 5.15 Å². The first-order chi connectivity index (χ1) is 8.66. The topological polar surface area (TPSA) is 38.2 Å². The number of fused-ring (bicyclic) bond motifs is 1. The largest absolute Gasteiger partial charge is 0.377 e. The summed E-state index contributed by atoms with van der Waals surface area (Å²) in [6.07, 6.45) is 0. The molecule has 1 aliphatic heterocycles. The fraction of sp³-hybridized carbons (Fsp3) is 0.455. The van der Waals surface area contributed by atoms with Crippen LogP contribution in [0.3, 0.4) is 0 Å². The van der Waals surface area contributed by atoms with E-state index < -0.39 is 0 Å². The maximum Gasteiger partial charge on any atom is 0.169 e. The molecule has 0 spiro atoms. The zero-order valence-corrected chi connectivity index (χ0v) is 12.0. The summed E-state index contributed by atoms with van der Waals surface area (Å²) in [7, 11) is 0. The summed E-state index contributed by atoms with van der Waals surface area (Å²) in [6.45, 7) is 4.32. The third kappa shape index (κ3) is 2.05. The number of rotatable bonds is 1. The van der Waals surface area contributed by atoms with E-state index in [0.29, 0.717) is 28.9 Å². The van der Waals surface area contributed by atoms with Crippen LogP contribution in [0, 0.1) is 0 Å². The van der Waals surface area contributed by atoms with Gasteiger partial charge in [0.1, 0.15) is 11.3 Å². The van der Waals surface area contributed by atoms with E-state index in [1.807, 2.05) is 6.07 Å². The zero-order chi connectivity index (χ0) is 12.7. The van der Waals surface area contributed by atoms with Gasteiger partial charge < -0.3 is 9.64 Å². The van der Waals surface area contributed by atoms with Crippen LogP contribution in [0.4, 0.5) is 5.82 Å². The van der Waals surface area contributed by atoms with Crippen molar-refractivity contribution in [3.63, 3.8) is 0 Å². The molecule has 2 aromatic heterocycles. The van der Waals surface area contributed by atoms with Gasteiger partial charge in [0.05, 0.1) is 29.0 Å². The summed E-state index contributed by atoms with van der Waals surface area (Å²) >= 11 is 13.6. The van der Waals surface area contributed by atoms with Gasteiger partial charge in [0.25, 0.3) is 0 Å². The molecule has 3 rings (SSSR count). The lowest BCUT2D eigenvalue weighted by Crippen LogP contribution is -2.44. The first-order valence-electron chi connectivity index (χ1n) is 5.62. The van der Waals surface area contributed by atoms with Gasteiger partial charge in [-0.05, 0) is 18.5 Å². The second-order valence-electron chi connectivity index (χ2n) is 4.23. The van der Waals surface area contributed by atoms with Crippen molar-refractivity contribution in [2.75, 3.05) is 24.7 Å². The van der Waals surface area contributed by atoms with Crippen molar-refractivity contribution in [3.8, 4) is 0 Å². The van der Waals surface area contributed by atoms with Crippen molar-refractivity contribution in [1.82, 2.24) is 9.36 Å². The summed E-state index contributed by atoms with van der Waals surface area (Å²) in [5.74, 6) is 0.838. The molecule has 1 atom stereocenters. The second kappa shape index (κ2) is 4.81. The van der Waals surface area contributed by atoms with E-state index in [2.05, 4.69) is 21.2 Å². The summed E-state index contributed by atoms with van der Waals surface area (Å²) in [5, 5.41) is 1.07. The van der Waals surface area contributed by atoms with Crippen LogP contribution < -0.4 is 4.90 Å². The van der Waals surface area contributed by atoms with Gasteiger partial charge >= 0.3 is 0 Å². The highest BCUT2D eigenvalue weighted by atomic mass is 35.5. The zero-order valence-electron chi connectivity index (χ0n) is 9.69. The second-order valence-corrected chi connectivity index (χ2v) is 5.77. The van der Waals surface area contributed by atoms with Crippen molar-refractivity contribution in [1.29, 1.82) is 0 Å². The number of morpholine rings is 1. The molecule has 0 bridgehead atoms. The summed E-state index contributed by atoms with van der Waals surface area (Å²) in [6, 6.07) is 2.16. The first kappa shape index (κ1) is 12.4. The number of hydrogen-bond acceptors (Lipinski definition) is 5. The number of anilines is 1. The highest BCUT2D eigenvalue weighted by molar-refractivity contribution is 7.14. The quantitative estimate of drug-likeness (QED) is 0.811. The van der Waals surface area contributed by atoms with Crippen molar-refractivity contribution in [3.05, 3.63) is 16.2 Å². The van der Waals surface area contributed by atoms with E-state index >= 15 is 0 Å². The fourth-order valence-corrected chi connectivity index (χ4v) is 3.28. The number of halogens is 2. The average molecular weight is 304 g/mol. The lowest BCUT2D eigenvalue weighted by Gasteiger charge is -2.34. The molecule has 1 saturated heterocycles. The summed E-state index contributed by atoms with van der Waals surface area (Å²) < 4.78 is 10.3. The Bertz CT molecular complexity index is 589. The van der Waals surface area contributed by atoms with Crippen molar-refractivity contribution in [2.24, 2.45) is 0 Å². The van der Waals surface area contributed by atoms with E-state index in [1.165, 1.54) is 11.5 Å². The summed E-state index contributed by atoms with van der Waals surface area (Å²) in [4.78, 5) is 6.75. The monoisotopic (exact) mass is 303 g/mol. The van der Waals surface area contributed by atoms with Gasteiger partial charge in [-0.3, -0.25) is 0 Å². The van der Waals surface area contributed by atoms with Crippen LogP contribution in [-0.4, -0.2) is 35.2 Å². The number of pyridine rings is 1. The number of aromatic nitrogens is 2. The standard InChI is InChI=1S/C11H11Cl2N3OS/c1-6-5-17-3-2-16(6)8-4-7(12)10-9(14-8)11(13)15-18-10/h4,6H,2-3,5H2,1H3. The molecule has 1 fully saturated rings. The fourth-order valence-electron chi connectivity index (χ4n) is 2.06. The minimum atomic E-state index is 0.283. The van der Waals surface area contributed by atoms with Gasteiger partial charge in [-0.2, -0.15) is 4.37 Å². The van der Waals surface area contributed by atoms with Crippen molar-refractivity contribution >= 4 is 50.8 Å². The van der Waals surface area contributed by atoms with Crippen LogP contribution in [0.5, 0.6) is 0 Å². The highest BCUT2D eigenvalue weighted by Gasteiger charge is 2.22. The van der Waals surface area contributed by atoms with Crippen LogP contribution in [0.1, 0.15) is 6.92 Å². The number of nitrogens with zero attached hydrogens (tertiary/aromatic N) is 3. The first-order valence-corrected chi connectivity index (χ1v) is 7.15. The Kier molecular flexibility index (Phi) is 3.32. The van der Waals surface area contributed by atoms with Crippen LogP contribution in [-0.2, 0) is 4.74 Å². The Morgan fingerprint density at radius 2 is 2.33 bits per heavy atom. The van der Waals surface area contributed by atoms with Crippen LogP contribution >= 0.6 is 34.7 Å². The Hall–Kier alpha value is -0.620. The molecule has 1 aliphatic rings. The van der Waals surface area contributed by atoms with Crippen molar-refractivity contribution in [2.45, 2.75) is 13.0 Å². The Balaban J connectivity index is 2.08. The molecule has 0 radical (unpaired) electrons. The molecule has 7 heteroatoms.